The monoisotopic (exact) mass is 336 g/mol. The highest BCUT2D eigenvalue weighted by atomic mass is 16.3. The summed E-state index contributed by atoms with van der Waals surface area (Å²) < 4.78 is 0. The number of hydrogen-bond donors (Lipinski definition) is 2. The highest BCUT2D eigenvalue weighted by Crippen LogP contribution is 2.58. The minimum Gasteiger partial charge on any atom is -0.508 e. The van der Waals surface area contributed by atoms with Gasteiger partial charge in [-0.1, -0.05) is 83.1 Å². The van der Waals surface area contributed by atoms with E-state index in [0.717, 1.165) is 11.1 Å². The van der Waals surface area contributed by atoms with Crippen LogP contribution in [0.4, 0.5) is 0 Å². The Morgan fingerprint density at radius 2 is 1.21 bits per heavy atom. The van der Waals surface area contributed by atoms with Gasteiger partial charge in [0.25, 0.3) is 0 Å². The van der Waals surface area contributed by atoms with E-state index >= 15 is 0 Å². The van der Waals surface area contributed by atoms with Gasteiger partial charge in [-0.25, -0.2) is 0 Å². The zero-order valence-electron chi connectivity index (χ0n) is 18.0. The Kier molecular flexibility index (Phi) is 4.99. The molecule has 0 aliphatic heterocycles. The Morgan fingerprint density at radius 1 is 0.792 bits per heavy atom. The lowest BCUT2D eigenvalue weighted by atomic mass is 9.52. The van der Waals surface area contributed by atoms with Gasteiger partial charge < -0.3 is 10.2 Å². The van der Waals surface area contributed by atoms with Crippen LogP contribution in [0.15, 0.2) is 23.0 Å². The van der Waals surface area contributed by atoms with Crippen LogP contribution in [0.2, 0.25) is 0 Å². The summed E-state index contributed by atoms with van der Waals surface area (Å²) in [5.74, 6) is 0.222. The van der Waals surface area contributed by atoms with Crippen molar-refractivity contribution in [3.63, 3.8) is 0 Å². The van der Waals surface area contributed by atoms with E-state index in [9.17, 15) is 10.2 Å². The lowest BCUT2D eigenvalue weighted by molar-refractivity contribution is -0.0937. The van der Waals surface area contributed by atoms with E-state index in [1.807, 2.05) is 6.08 Å². The Morgan fingerprint density at radius 3 is 1.46 bits per heavy atom. The van der Waals surface area contributed by atoms with Gasteiger partial charge in [-0.05, 0) is 38.9 Å². The molecule has 0 aromatic carbocycles. The molecule has 2 N–H and O–H groups in total. The number of hydrogen-bond acceptors (Lipinski definition) is 2. The third kappa shape index (κ3) is 3.59. The van der Waals surface area contributed by atoms with Crippen molar-refractivity contribution >= 4 is 0 Å². The molecule has 1 rings (SSSR count). The van der Waals surface area contributed by atoms with Gasteiger partial charge in [-0.2, -0.15) is 0 Å². The first kappa shape index (κ1) is 21.3. The molecule has 0 heterocycles. The molecule has 140 valence electrons. The maximum absolute atomic E-state index is 12.0. The summed E-state index contributed by atoms with van der Waals surface area (Å²) in [5, 5.41) is 23.2. The summed E-state index contributed by atoms with van der Waals surface area (Å²) in [7, 11) is 0. The average molecular weight is 337 g/mol. The SMILES string of the molecule is CC(C)(C)C1=CC(O)(C(C)(C)C)C(C(C)(C)C)C(C(C)(C)C)=C1O. The lowest BCUT2D eigenvalue weighted by Gasteiger charge is -2.55. The molecule has 2 nitrogen and oxygen atoms in total. The molecule has 0 saturated carbocycles. The van der Waals surface area contributed by atoms with Crippen LogP contribution < -0.4 is 0 Å². The summed E-state index contributed by atoms with van der Waals surface area (Å²) in [5.41, 5.74) is -0.195. The van der Waals surface area contributed by atoms with Gasteiger partial charge in [-0.3, -0.25) is 0 Å². The van der Waals surface area contributed by atoms with E-state index in [4.69, 9.17) is 0 Å². The van der Waals surface area contributed by atoms with Crippen molar-refractivity contribution in [2.45, 2.75) is 88.7 Å². The van der Waals surface area contributed by atoms with Gasteiger partial charge in [0.15, 0.2) is 0 Å². The fourth-order valence-electron chi connectivity index (χ4n) is 3.98. The van der Waals surface area contributed by atoms with Crippen LogP contribution in [0.3, 0.4) is 0 Å². The van der Waals surface area contributed by atoms with Gasteiger partial charge in [0.1, 0.15) is 5.76 Å². The summed E-state index contributed by atoms with van der Waals surface area (Å²) in [4.78, 5) is 0. The standard InChI is InChI=1S/C22H40O2/c1-18(2,3)14-13-22(24,21(10,11)12)17(20(7,8)9)15(16(14)23)19(4,5)6/h13,17,23-24H,1-12H3. The van der Waals surface area contributed by atoms with Crippen LogP contribution in [0, 0.1) is 27.6 Å². The summed E-state index contributed by atoms with van der Waals surface area (Å²) in [6.07, 6.45) is 1.95. The molecule has 24 heavy (non-hydrogen) atoms. The summed E-state index contributed by atoms with van der Waals surface area (Å²) in [6.45, 7) is 25.4. The van der Waals surface area contributed by atoms with Crippen molar-refractivity contribution < 1.29 is 10.2 Å². The van der Waals surface area contributed by atoms with Crippen LogP contribution in [-0.4, -0.2) is 15.8 Å². The number of aliphatic hydroxyl groups excluding tert-OH is 1. The molecule has 2 heteroatoms. The van der Waals surface area contributed by atoms with E-state index in [1.54, 1.807) is 0 Å². The second kappa shape index (κ2) is 5.62. The number of rotatable bonds is 0. The second-order valence-corrected chi connectivity index (χ2v) is 11.7. The smallest absolute Gasteiger partial charge is 0.119 e. The molecule has 0 fully saturated rings. The van der Waals surface area contributed by atoms with Crippen molar-refractivity contribution in [1.29, 1.82) is 0 Å². The van der Waals surface area contributed by atoms with Crippen molar-refractivity contribution in [2.75, 3.05) is 0 Å². The summed E-state index contributed by atoms with van der Waals surface area (Å²) >= 11 is 0. The predicted molar refractivity (Wildman–Crippen MR) is 104 cm³/mol. The van der Waals surface area contributed by atoms with Crippen LogP contribution in [-0.2, 0) is 0 Å². The second-order valence-electron chi connectivity index (χ2n) is 11.7. The fourth-order valence-corrected chi connectivity index (χ4v) is 3.98. The summed E-state index contributed by atoms with van der Waals surface area (Å²) in [6, 6.07) is 0. The van der Waals surface area contributed by atoms with Gasteiger partial charge >= 0.3 is 0 Å². The third-order valence-corrected chi connectivity index (χ3v) is 5.29. The van der Waals surface area contributed by atoms with E-state index in [2.05, 4.69) is 83.1 Å². The molecular weight excluding hydrogens is 296 g/mol. The highest BCUT2D eigenvalue weighted by molar-refractivity contribution is 5.46. The Labute approximate surface area is 150 Å². The average Bonchev–Trinajstić information content (AvgIpc) is 2.25. The fraction of sp³-hybridized carbons (Fsp3) is 0.818. The minimum absolute atomic E-state index is 0.156. The quantitative estimate of drug-likeness (QED) is 0.547. The topological polar surface area (TPSA) is 40.5 Å². The molecule has 0 saturated heterocycles. The van der Waals surface area contributed by atoms with Crippen LogP contribution in [0.1, 0.15) is 83.1 Å². The van der Waals surface area contributed by atoms with E-state index in [-0.39, 0.29) is 27.6 Å². The van der Waals surface area contributed by atoms with Gasteiger partial charge in [0.05, 0.1) is 5.60 Å². The maximum Gasteiger partial charge on any atom is 0.119 e. The third-order valence-electron chi connectivity index (χ3n) is 5.29. The Hall–Kier alpha value is -0.760. The van der Waals surface area contributed by atoms with Gasteiger partial charge in [-0.15, -0.1) is 0 Å². The molecule has 0 aromatic rings. The molecule has 1 aliphatic carbocycles. The lowest BCUT2D eigenvalue weighted by Crippen LogP contribution is -2.56. The molecule has 0 aromatic heterocycles. The van der Waals surface area contributed by atoms with Gasteiger partial charge in [0.2, 0.25) is 0 Å². The Bertz CT molecular complexity index is 551. The molecule has 2 atom stereocenters. The first-order valence-electron chi connectivity index (χ1n) is 9.14. The van der Waals surface area contributed by atoms with Crippen molar-refractivity contribution in [3.05, 3.63) is 23.0 Å². The normalized spacial score (nSPS) is 27.4. The van der Waals surface area contributed by atoms with Crippen LogP contribution >= 0.6 is 0 Å². The number of allylic oxidation sites excluding steroid dienone is 1. The molecule has 1 aliphatic rings. The first-order chi connectivity index (χ1) is 10.2. The number of aliphatic hydroxyl groups is 2. The first-order valence-corrected chi connectivity index (χ1v) is 9.14. The largest absolute Gasteiger partial charge is 0.508 e. The maximum atomic E-state index is 12.0. The molecule has 0 bridgehead atoms. The van der Waals surface area contributed by atoms with E-state index in [0.29, 0.717) is 5.76 Å². The molecule has 0 spiro atoms. The molecular formula is C22H40O2. The van der Waals surface area contributed by atoms with Crippen molar-refractivity contribution in [3.8, 4) is 0 Å². The van der Waals surface area contributed by atoms with E-state index < -0.39 is 5.60 Å². The van der Waals surface area contributed by atoms with Crippen molar-refractivity contribution in [2.24, 2.45) is 27.6 Å². The Balaban J connectivity index is 3.96. The van der Waals surface area contributed by atoms with Crippen LogP contribution in [0.5, 0.6) is 0 Å². The van der Waals surface area contributed by atoms with Crippen LogP contribution in [0.25, 0.3) is 0 Å². The zero-order valence-corrected chi connectivity index (χ0v) is 18.0. The molecule has 0 amide bonds. The minimum atomic E-state index is -1.03. The van der Waals surface area contributed by atoms with Gasteiger partial charge in [0, 0.05) is 5.92 Å². The van der Waals surface area contributed by atoms with Crippen molar-refractivity contribution in [1.82, 2.24) is 0 Å². The zero-order chi connectivity index (χ0) is 19.5. The highest BCUT2D eigenvalue weighted by Gasteiger charge is 2.56. The van der Waals surface area contributed by atoms with E-state index in [1.165, 1.54) is 0 Å². The molecule has 2 unspecified atom stereocenters. The predicted octanol–water partition coefficient (Wildman–Crippen LogP) is 6.27. The molecule has 0 radical (unpaired) electrons.